The van der Waals surface area contributed by atoms with Crippen LogP contribution in [-0.2, 0) is 0 Å². The fourth-order valence-electron chi connectivity index (χ4n) is 2.84. The van der Waals surface area contributed by atoms with Gasteiger partial charge < -0.3 is 5.73 Å². The summed E-state index contributed by atoms with van der Waals surface area (Å²) in [4.78, 5) is 0. The van der Waals surface area contributed by atoms with E-state index in [1.165, 1.54) is 31.7 Å². The predicted octanol–water partition coefficient (Wildman–Crippen LogP) is 3.23. The summed E-state index contributed by atoms with van der Waals surface area (Å²) in [5.74, 6) is 0.918. The topological polar surface area (TPSA) is 26.0 Å². The zero-order chi connectivity index (χ0) is 10.1. The summed E-state index contributed by atoms with van der Waals surface area (Å²) in [6.45, 7) is 9.59. The van der Waals surface area contributed by atoms with E-state index in [4.69, 9.17) is 5.73 Å². The molecule has 0 aromatic rings. The van der Waals surface area contributed by atoms with Gasteiger partial charge in [0.25, 0.3) is 0 Å². The normalized spacial score (nSPS) is 35.3. The lowest BCUT2D eigenvalue weighted by Crippen LogP contribution is -2.43. The number of nitrogens with two attached hydrogens (primary N) is 1. The van der Waals surface area contributed by atoms with E-state index in [-0.39, 0.29) is 5.54 Å². The first-order chi connectivity index (χ1) is 5.85. The Morgan fingerprint density at radius 2 is 2.00 bits per heavy atom. The summed E-state index contributed by atoms with van der Waals surface area (Å²) in [6.07, 6.45) is 5.26. The maximum atomic E-state index is 6.45. The smallest absolute Gasteiger partial charge is 0.0460 e. The molecule has 2 atom stereocenters. The van der Waals surface area contributed by atoms with Gasteiger partial charge >= 0.3 is 0 Å². The van der Waals surface area contributed by atoms with Crippen molar-refractivity contribution in [3.05, 3.63) is 0 Å². The van der Waals surface area contributed by atoms with Crippen molar-refractivity contribution in [2.24, 2.45) is 11.7 Å². The quantitative estimate of drug-likeness (QED) is 0.694. The summed E-state index contributed by atoms with van der Waals surface area (Å²) in [6, 6.07) is 1.32. The Labute approximate surface area is 84.1 Å². The van der Waals surface area contributed by atoms with E-state index in [0.29, 0.717) is 0 Å². The highest BCUT2D eigenvalue weighted by atomic mass is 28.3. The molecular weight excluding hydrogens is 174 g/mol. The van der Waals surface area contributed by atoms with Gasteiger partial charge in [-0.2, -0.15) is 0 Å². The van der Waals surface area contributed by atoms with Crippen molar-refractivity contribution < 1.29 is 0 Å². The molecule has 13 heavy (non-hydrogen) atoms. The second-order valence-corrected chi connectivity index (χ2v) is 11.6. The molecule has 0 bridgehead atoms. The summed E-state index contributed by atoms with van der Waals surface area (Å²) in [5, 5.41) is 0. The number of hydrogen-bond acceptors (Lipinski definition) is 1. The van der Waals surface area contributed by atoms with E-state index >= 15 is 0 Å². The van der Waals surface area contributed by atoms with Crippen LogP contribution < -0.4 is 5.73 Å². The van der Waals surface area contributed by atoms with Crippen LogP contribution in [0.1, 0.15) is 32.6 Å². The molecule has 0 aromatic carbocycles. The van der Waals surface area contributed by atoms with E-state index in [9.17, 15) is 0 Å². The van der Waals surface area contributed by atoms with Gasteiger partial charge in [-0.1, -0.05) is 33.0 Å². The zero-order valence-electron chi connectivity index (χ0n) is 9.69. The Hall–Kier alpha value is 0.177. The SMILES string of the molecule is CCC1CCC(N)(C[Si](C)(C)C)C1. The highest BCUT2D eigenvalue weighted by Crippen LogP contribution is 2.39. The average molecular weight is 199 g/mol. The molecule has 0 saturated heterocycles. The van der Waals surface area contributed by atoms with Crippen molar-refractivity contribution in [2.75, 3.05) is 0 Å². The first kappa shape index (κ1) is 11.3. The molecule has 0 heterocycles. The molecule has 1 aliphatic rings. The minimum Gasteiger partial charge on any atom is -0.325 e. The molecule has 0 spiro atoms. The first-order valence-electron chi connectivity index (χ1n) is 5.63. The predicted molar refractivity (Wildman–Crippen MR) is 62.7 cm³/mol. The third-order valence-electron chi connectivity index (χ3n) is 3.21. The van der Waals surface area contributed by atoms with Crippen molar-refractivity contribution in [1.82, 2.24) is 0 Å². The second kappa shape index (κ2) is 3.74. The molecule has 0 aromatic heterocycles. The summed E-state index contributed by atoms with van der Waals surface area (Å²) in [5.41, 5.74) is 6.66. The van der Waals surface area contributed by atoms with Crippen molar-refractivity contribution in [2.45, 2.75) is 63.8 Å². The van der Waals surface area contributed by atoms with Crippen LogP contribution in [0.4, 0.5) is 0 Å². The van der Waals surface area contributed by atoms with Crippen LogP contribution in [-0.4, -0.2) is 13.6 Å². The van der Waals surface area contributed by atoms with E-state index < -0.39 is 8.07 Å². The average Bonchev–Trinajstić information content (AvgIpc) is 2.27. The van der Waals surface area contributed by atoms with Gasteiger partial charge in [0.05, 0.1) is 0 Å². The monoisotopic (exact) mass is 199 g/mol. The molecule has 2 unspecified atom stereocenters. The van der Waals surface area contributed by atoms with Crippen LogP contribution in [0, 0.1) is 5.92 Å². The molecule has 0 aliphatic heterocycles. The summed E-state index contributed by atoms with van der Waals surface area (Å²) < 4.78 is 0. The highest BCUT2D eigenvalue weighted by molar-refractivity contribution is 6.76. The Morgan fingerprint density at radius 3 is 2.38 bits per heavy atom. The standard InChI is InChI=1S/C11H25NSi/c1-5-10-6-7-11(12,8-10)9-13(2,3)4/h10H,5-9,12H2,1-4H3. The van der Waals surface area contributed by atoms with Crippen LogP contribution in [0.15, 0.2) is 0 Å². The zero-order valence-corrected chi connectivity index (χ0v) is 10.7. The van der Waals surface area contributed by atoms with Crippen molar-refractivity contribution in [3.8, 4) is 0 Å². The second-order valence-electron chi connectivity index (χ2n) is 6.12. The molecule has 2 heteroatoms. The van der Waals surface area contributed by atoms with Gasteiger partial charge in [0.15, 0.2) is 0 Å². The molecule has 1 nitrogen and oxygen atoms in total. The highest BCUT2D eigenvalue weighted by Gasteiger charge is 2.37. The van der Waals surface area contributed by atoms with Crippen LogP contribution in [0.3, 0.4) is 0 Å². The van der Waals surface area contributed by atoms with Crippen LogP contribution >= 0.6 is 0 Å². The lowest BCUT2D eigenvalue weighted by atomic mass is 9.98. The molecule has 1 fully saturated rings. The lowest BCUT2D eigenvalue weighted by Gasteiger charge is -2.31. The Bertz CT molecular complexity index is 173. The Balaban J connectivity index is 2.50. The largest absolute Gasteiger partial charge is 0.325 e. The Kier molecular flexibility index (Phi) is 3.23. The number of hydrogen-bond donors (Lipinski definition) is 1. The van der Waals surface area contributed by atoms with Crippen LogP contribution in [0.2, 0.25) is 25.7 Å². The lowest BCUT2D eigenvalue weighted by molar-refractivity contribution is 0.439. The summed E-state index contributed by atoms with van der Waals surface area (Å²) >= 11 is 0. The van der Waals surface area contributed by atoms with Gasteiger partial charge in [-0.25, -0.2) is 0 Å². The van der Waals surface area contributed by atoms with Gasteiger partial charge in [0.2, 0.25) is 0 Å². The number of rotatable bonds is 3. The van der Waals surface area contributed by atoms with Crippen molar-refractivity contribution in [1.29, 1.82) is 0 Å². The van der Waals surface area contributed by atoms with Gasteiger partial charge in [0.1, 0.15) is 0 Å². The summed E-state index contributed by atoms with van der Waals surface area (Å²) in [7, 11) is -0.962. The Morgan fingerprint density at radius 1 is 1.38 bits per heavy atom. The van der Waals surface area contributed by atoms with Crippen molar-refractivity contribution >= 4 is 8.07 Å². The minimum absolute atomic E-state index is 0.213. The van der Waals surface area contributed by atoms with Gasteiger partial charge in [0, 0.05) is 13.6 Å². The fraction of sp³-hybridized carbons (Fsp3) is 1.00. The molecule has 2 N–H and O–H groups in total. The molecule has 1 aliphatic carbocycles. The molecule has 78 valence electrons. The van der Waals surface area contributed by atoms with Crippen LogP contribution in [0.25, 0.3) is 0 Å². The van der Waals surface area contributed by atoms with Gasteiger partial charge in [-0.15, -0.1) is 0 Å². The minimum atomic E-state index is -0.962. The van der Waals surface area contributed by atoms with Gasteiger partial charge in [-0.05, 0) is 31.2 Å². The van der Waals surface area contributed by atoms with Crippen LogP contribution in [0.5, 0.6) is 0 Å². The maximum absolute atomic E-state index is 6.45. The van der Waals surface area contributed by atoms with E-state index in [1.807, 2.05) is 0 Å². The van der Waals surface area contributed by atoms with E-state index in [2.05, 4.69) is 26.6 Å². The third-order valence-corrected chi connectivity index (χ3v) is 4.97. The van der Waals surface area contributed by atoms with Crippen molar-refractivity contribution in [3.63, 3.8) is 0 Å². The fourth-order valence-corrected chi connectivity index (χ4v) is 5.27. The van der Waals surface area contributed by atoms with Gasteiger partial charge in [-0.3, -0.25) is 0 Å². The van der Waals surface area contributed by atoms with E-state index in [0.717, 1.165) is 5.92 Å². The third kappa shape index (κ3) is 3.43. The van der Waals surface area contributed by atoms with E-state index in [1.54, 1.807) is 0 Å². The maximum Gasteiger partial charge on any atom is 0.0460 e. The first-order valence-corrected chi connectivity index (χ1v) is 9.34. The molecule has 1 rings (SSSR count). The molecular formula is C11H25NSi. The molecule has 1 saturated carbocycles. The molecule has 0 radical (unpaired) electrons. The molecule has 0 amide bonds.